The minimum Gasteiger partial charge on any atom is -0.488 e. The van der Waals surface area contributed by atoms with Crippen LogP contribution in [-0.2, 0) is 6.61 Å². The summed E-state index contributed by atoms with van der Waals surface area (Å²) in [6, 6.07) is 9.08. The lowest BCUT2D eigenvalue weighted by Gasteiger charge is -2.12. The molecular weight excluding hydrogens is 320 g/mol. The largest absolute Gasteiger partial charge is 0.488 e. The summed E-state index contributed by atoms with van der Waals surface area (Å²) in [5.74, 6) is 0.0655. The topological polar surface area (TPSA) is 35.2 Å². The lowest BCUT2D eigenvalue weighted by molar-refractivity contribution is 0.305. The van der Waals surface area contributed by atoms with Gasteiger partial charge in [0.05, 0.1) is 10.6 Å². The Labute approximate surface area is 131 Å². The van der Waals surface area contributed by atoms with Crippen LogP contribution in [0.2, 0.25) is 10.0 Å². The quantitative estimate of drug-likeness (QED) is 0.847. The molecule has 0 radical (unpaired) electrons. The lowest BCUT2D eigenvalue weighted by Crippen LogP contribution is -2.11. The summed E-state index contributed by atoms with van der Waals surface area (Å²) < 4.78 is 18.6. The molecule has 2 nitrogen and oxygen atoms in total. The van der Waals surface area contributed by atoms with Crippen LogP contribution in [0.25, 0.3) is 0 Å². The Morgan fingerprint density at radius 1 is 1.20 bits per heavy atom. The molecule has 2 aromatic carbocycles. The summed E-state index contributed by atoms with van der Waals surface area (Å²) in [5.41, 5.74) is 6.86. The third-order valence-corrected chi connectivity index (χ3v) is 3.41. The molecule has 0 atom stereocenters. The molecule has 2 aromatic rings. The molecule has 0 aliphatic heterocycles. The van der Waals surface area contributed by atoms with Crippen LogP contribution in [0.5, 0.6) is 5.75 Å². The first-order chi connectivity index (χ1) is 9.47. The number of halogens is 3. The van der Waals surface area contributed by atoms with Gasteiger partial charge in [0, 0.05) is 10.6 Å². The van der Waals surface area contributed by atoms with Crippen LogP contribution in [0.3, 0.4) is 0 Å². The minimum atomic E-state index is -0.398. The number of rotatable bonds is 4. The first-order valence-corrected chi connectivity index (χ1v) is 6.80. The van der Waals surface area contributed by atoms with Gasteiger partial charge in [-0.15, -0.1) is 0 Å². The van der Waals surface area contributed by atoms with Crippen molar-refractivity contribution in [3.05, 3.63) is 63.4 Å². The number of hydrogen-bond donors (Lipinski definition) is 1. The molecule has 0 unspecified atom stereocenters. The van der Waals surface area contributed by atoms with Gasteiger partial charge in [0.2, 0.25) is 0 Å². The SMILES string of the molecule is NC(=S)c1ccc(Cl)cc1OCc1ccc(F)cc1Cl. The van der Waals surface area contributed by atoms with Crippen LogP contribution in [0, 0.1) is 5.82 Å². The van der Waals surface area contributed by atoms with Crippen molar-refractivity contribution in [1.82, 2.24) is 0 Å². The van der Waals surface area contributed by atoms with Crippen LogP contribution in [0.15, 0.2) is 36.4 Å². The molecule has 0 saturated heterocycles. The van der Waals surface area contributed by atoms with E-state index in [0.717, 1.165) is 0 Å². The van der Waals surface area contributed by atoms with Gasteiger partial charge in [-0.3, -0.25) is 0 Å². The summed E-state index contributed by atoms with van der Waals surface area (Å²) in [6.07, 6.45) is 0. The highest BCUT2D eigenvalue weighted by atomic mass is 35.5. The van der Waals surface area contributed by atoms with Gasteiger partial charge < -0.3 is 10.5 Å². The zero-order chi connectivity index (χ0) is 14.7. The van der Waals surface area contributed by atoms with E-state index in [0.29, 0.717) is 26.9 Å². The number of hydrogen-bond acceptors (Lipinski definition) is 2. The van der Waals surface area contributed by atoms with Crippen molar-refractivity contribution in [2.45, 2.75) is 6.61 Å². The standard InChI is InChI=1S/C14H10Cl2FNOS/c15-9-2-4-11(14(18)20)13(5-9)19-7-8-1-3-10(17)6-12(8)16/h1-6H,7H2,(H2,18,20). The Kier molecular flexibility index (Phi) is 4.81. The van der Waals surface area contributed by atoms with Crippen molar-refractivity contribution in [2.24, 2.45) is 5.73 Å². The zero-order valence-corrected chi connectivity index (χ0v) is 12.5. The van der Waals surface area contributed by atoms with Gasteiger partial charge in [-0.25, -0.2) is 4.39 Å². The number of ether oxygens (including phenoxy) is 1. The fraction of sp³-hybridized carbons (Fsp3) is 0.0714. The Bertz CT molecular complexity index is 664. The minimum absolute atomic E-state index is 0.162. The molecule has 0 saturated carbocycles. The molecule has 0 aromatic heterocycles. The maximum atomic E-state index is 13.0. The lowest BCUT2D eigenvalue weighted by atomic mass is 10.2. The first kappa shape index (κ1) is 15.0. The van der Waals surface area contributed by atoms with Crippen LogP contribution in [0.4, 0.5) is 4.39 Å². The van der Waals surface area contributed by atoms with Gasteiger partial charge in [-0.1, -0.05) is 41.5 Å². The van der Waals surface area contributed by atoms with E-state index in [4.69, 9.17) is 45.9 Å². The second-order valence-electron chi connectivity index (χ2n) is 4.03. The van der Waals surface area contributed by atoms with Crippen LogP contribution >= 0.6 is 35.4 Å². The van der Waals surface area contributed by atoms with Gasteiger partial charge in [-0.05, 0) is 30.3 Å². The molecule has 2 N–H and O–H groups in total. The van der Waals surface area contributed by atoms with E-state index >= 15 is 0 Å². The molecule has 0 spiro atoms. The van der Waals surface area contributed by atoms with Crippen molar-refractivity contribution in [2.75, 3.05) is 0 Å². The van der Waals surface area contributed by atoms with E-state index in [1.807, 2.05) is 0 Å². The van der Waals surface area contributed by atoms with Crippen molar-refractivity contribution in [1.29, 1.82) is 0 Å². The van der Waals surface area contributed by atoms with Crippen LogP contribution < -0.4 is 10.5 Å². The number of benzene rings is 2. The van der Waals surface area contributed by atoms with Gasteiger partial charge >= 0.3 is 0 Å². The van der Waals surface area contributed by atoms with E-state index < -0.39 is 5.82 Å². The van der Waals surface area contributed by atoms with E-state index in [2.05, 4.69) is 0 Å². The fourth-order valence-electron chi connectivity index (χ4n) is 1.61. The average Bonchev–Trinajstić information content (AvgIpc) is 2.37. The Balaban J connectivity index is 2.22. The third-order valence-electron chi connectivity index (χ3n) is 2.61. The second-order valence-corrected chi connectivity index (χ2v) is 5.31. The zero-order valence-electron chi connectivity index (χ0n) is 10.2. The molecule has 20 heavy (non-hydrogen) atoms. The molecule has 6 heteroatoms. The Morgan fingerprint density at radius 2 is 1.95 bits per heavy atom. The van der Waals surface area contributed by atoms with Gasteiger partial charge in [-0.2, -0.15) is 0 Å². The first-order valence-electron chi connectivity index (χ1n) is 5.63. The number of thiocarbonyl (C=S) groups is 1. The molecule has 0 aliphatic rings. The Hall–Kier alpha value is -1.36. The van der Waals surface area contributed by atoms with E-state index in [-0.39, 0.29) is 11.6 Å². The highest BCUT2D eigenvalue weighted by Crippen LogP contribution is 2.26. The highest BCUT2D eigenvalue weighted by molar-refractivity contribution is 7.80. The van der Waals surface area contributed by atoms with Crippen molar-refractivity contribution < 1.29 is 9.13 Å². The molecule has 0 aliphatic carbocycles. The van der Waals surface area contributed by atoms with Gasteiger partial charge in [0.1, 0.15) is 23.2 Å². The van der Waals surface area contributed by atoms with E-state index in [9.17, 15) is 4.39 Å². The van der Waals surface area contributed by atoms with Gasteiger partial charge in [0.15, 0.2) is 0 Å². The maximum absolute atomic E-state index is 13.0. The van der Waals surface area contributed by atoms with Crippen LogP contribution in [-0.4, -0.2) is 4.99 Å². The molecule has 2 rings (SSSR count). The maximum Gasteiger partial charge on any atom is 0.131 e. The molecular formula is C14H10Cl2FNOS. The molecule has 0 heterocycles. The summed E-state index contributed by atoms with van der Waals surface area (Å²) in [7, 11) is 0. The third kappa shape index (κ3) is 3.60. The van der Waals surface area contributed by atoms with E-state index in [1.54, 1.807) is 24.3 Å². The van der Waals surface area contributed by atoms with Crippen molar-refractivity contribution >= 4 is 40.4 Å². The van der Waals surface area contributed by atoms with Crippen LogP contribution in [0.1, 0.15) is 11.1 Å². The molecule has 0 fully saturated rings. The highest BCUT2D eigenvalue weighted by Gasteiger charge is 2.09. The smallest absolute Gasteiger partial charge is 0.131 e. The monoisotopic (exact) mass is 329 g/mol. The number of nitrogens with two attached hydrogens (primary N) is 1. The fourth-order valence-corrected chi connectivity index (χ4v) is 2.17. The normalized spacial score (nSPS) is 10.3. The van der Waals surface area contributed by atoms with Gasteiger partial charge in [0.25, 0.3) is 0 Å². The average molecular weight is 330 g/mol. The predicted molar refractivity (Wildman–Crippen MR) is 83.1 cm³/mol. The summed E-state index contributed by atoms with van der Waals surface area (Å²) >= 11 is 16.8. The summed E-state index contributed by atoms with van der Waals surface area (Å²) in [5, 5.41) is 0.800. The van der Waals surface area contributed by atoms with E-state index in [1.165, 1.54) is 12.1 Å². The summed E-state index contributed by atoms with van der Waals surface area (Å²) in [6.45, 7) is 0.162. The Morgan fingerprint density at radius 3 is 2.60 bits per heavy atom. The second kappa shape index (κ2) is 6.39. The molecule has 0 amide bonds. The molecule has 0 bridgehead atoms. The predicted octanol–water partition coefficient (Wildman–Crippen LogP) is 4.35. The van der Waals surface area contributed by atoms with Crippen molar-refractivity contribution in [3.8, 4) is 5.75 Å². The summed E-state index contributed by atoms with van der Waals surface area (Å²) in [4.78, 5) is 0.210. The molecule has 104 valence electrons. The van der Waals surface area contributed by atoms with Crippen molar-refractivity contribution in [3.63, 3.8) is 0 Å².